The first-order chi connectivity index (χ1) is 14.9. The first-order valence-corrected chi connectivity index (χ1v) is 10.3. The van der Waals surface area contributed by atoms with Gasteiger partial charge in [-0.2, -0.15) is 0 Å². The van der Waals surface area contributed by atoms with Crippen molar-refractivity contribution in [3.05, 3.63) is 0 Å². The van der Waals surface area contributed by atoms with Crippen molar-refractivity contribution < 1.29 is 59.4 Å². The van der Waals surface area contributed by atoms with Crippen molar-refractivity contribution >= 4 is 35.8 Å². The van der Waals surface area contributed by atoms with Gasteiger partial charge in [-0.25, -0.2) is 0 Å². The molecule has 0 saturated carbocycles. The van der Waals surface area contributed by atoms with E-state index >= 15 is 0 Å². The molecule has 0 aliphatic heterocycles. The molecule has 0 aromatic rings. The van der Waals surface area contributed by atoms with Crippen molar-refractivity contribution in [3.8, 4) is 0 Å². The minimum Gasteiger partial charge on any atom is -0.481 e. The highest BCUT2D eigenvalue weighted by molar-refractivity contribution is 6.16. The zero-order chi connectivity index (χ0) is 24.9. The maximum atomic E-state index is 11.6. The van der Waals surface area contributed by atoms with Crippen LogP contribution in [0.15, 0.2) is 0 Å². The molecule has 0 aliphatic rings. The van der Waals surface area contributed by atoms with E-state index in [2.05, 4.69) is 0 Å². The van der Waals surface area contributed by atoms with E-state index in [1.165, 1.54) is 0 Å². The summed E-state index contributed by atoms with van der Waals surface area (Å²) in [4.78, 5) is 67.1. The van der Waals surface area contributed by atoms with Gasteiger partial charge in [0.2, 0.25) is 0 Å². The molecule has 0 spiro atoms. The van der Waals surface area contributed by atoms with E-state index in [-0.39, 0.29) is 38.5 Å². The number of carbonyl (C=O) groups is 6. The Labute approximate surface area is 183 Å². The third-order valence-corrected chi connectivity index (χ3v) is 5.44. The summed E-state index contributed by atoms with van der Waals surface area (Å²) in [6, 6.07) is 0. The minimum atomic E-state index is -2.95. The van der Waals surface area contributed by atoms with Crippen LogP contribution in [0.3, 0.4) is 0 Å². The molecule has 12 heteroatoms. The highest BCUT2D eigenvalue weighted by Crippen LogP contribution is 2.29. The Morgan fingerprint density at radius 3 is 1.25 bits per heavy atom. The Hall–Kier alpha value is -3.18. The summed E-state index contributed by atoms with van der Waals surface area (Å²) in [5.74, 6) is -11.7. The van der Waals surface area contributed by atoms with Crippen LogP contribution in [-0.4, -0.2) is 66.5 Å². The third-order valence-electron chi connectivity index (χ3n) is 5.44. The van der Waals surface area contributed by atoms with Gasteiger partial charge < -0.3 is 30.6 Å². The van der Waals surface area contributed by atoms with Crippen LogP contribution in [-0.2, 0) is 28.8 Å². The lowest BCUT2D eigenvalue weighted by atomic mass is 9.82. The summed E-state index contributed by atoms with van der Waals surface area (Å²) < 4.78 is 0. The summed E-state index contributed by atoms with van der Waals surface area (Å²) in [7, 11) is 0. The molecule has 0 saturated heterocycles. The fourth-order valence-electron chi connectivity index (χ4n) is 3.51. The average Bonchev–Trinajstić information content (AvgIpc) is 2.66. The van der Waals surface area contributed by atoms with Gasteiger partial charge in [-0.05, 0) is 25.7 Å². The van der Waals surface area contributed by atoms with E-state index in [9.17, 15) is 39.0 Å². The molecule has 182 valence electrons. The molecule has 0 amide bonds. The Morgan fingerprint density at radius 1 is 0.531 bits per heavy atom. The highest BCUT2D eigenvalue weighted by Gasteiger charge is 2.53. The monoisotopic (exact) mass is 462 g/mol. The van der Waals surface area contributed by atoms with Gasteiger partial charge in [0.05, 0.1) is 11.8 Å². The van der Waals surface area contributed by atoms with Crippen LogP contribution in [0.2, 0.25) is 0 Å². The second-order valence-electron chi connectivity index (χ2n) is 7.66. The molecule has 0 aromatic heterocycles. The molecule has 0 rings (SSSR count). The van der Waals surface area contributed by atoms with Crippen molar-refractivity contribution in [2.45, 2.75) is 70.6 Å². The molecule has 32 heavy (non-hydrogen) atoms. The van der Waals surface area contributed by atoms with Crippen LogP contribution >= 0.6 is 0 Å². The van der Waals surface area contributed by atoms with Gasteiger partial charge in [-0.3, -0.25) is 28.8 Å². The average molecular weight is 462 g/mol. The third kappa shape index (κ3) is 8.90. The predicted octanol–water partition coefficient (Wildman–Crippen LogP) is 2.00. The number of hydrogen-bond acceptors (Lipinski definition) is 6. The van der Waals surface area contributed by atoms with Gasteiger partial charge in [0.1, 0.15) is 0 Å². The molecule has 0 bridgehead atoms. The number of hydrogen-bond donors (Lipinski definition) is 6. The van der Waals surface area contributed by atoms with Gasteiger partial charge in [-0.15, -0.1) is 0 Å². The molecule has 0 radical (unpaired) electrons. The largest absolute Gasteiger partial charge is 0.481 e. The molecule has 2 unspecified atom stereocenters. The van der Waals surface area contributed by atoms with Crippen LogP contribution in [0.25, 0.3) is 0 Å². The topological polar surface area (TPSA) is 224 Å². The van der Waals surface area contributed by atoms with Crippen molar-refractivity contribution in [3.63, 3.8) is 0 Å². The zero-order valence-electron chi connectivity index (χ0n) is 17.6. The Kier molecular flexibility index (Phi) is 12.6. The smallest absolute Gasteiger partial charge is 0.332 e. The fourth-order valence-corrected chi connectivity index (χ4v) is 3.51. The van der Waals surface area contributed by atoms with E-state index in [1.54, 1.807) is 0 Å². The van der Waals surface area contributed by atoms with Crippen LogP contribution in [0, 0.1) is 17.3 Å². The maximum Gasteiger partial charge on any atom is 0.332 e. The molecule has 0 aliphatic carbocycles. The zero-order valence-corrected chi connectivity index (χ0v) is 17.6. The molecule has 0 aromatic carbocycles. The summed E-state index contributed by atoms with van der Waals surface area (Å²) in [6.45, 7) is 0. The van der Waals surface area contributed by atoms with E-state index in [1.807, 2.05) is 0 Å². The SMILES string of the molecule is O=C(O)CCCCCC(C(=O)O)C(CCCCCCC(C(=O)O)(C(=O)O)C(=O)O)C(=O)O. The van der Waals surface area contributed by atoms with Crippen LogP contribution in [0.4, 0.5) is 0 Å². The second kappa shape index (κ2) is 14.0. The molecule has 12 nitrogen and oxygen atoms in total. The Balaban J connectivity index is 4.68. The quantitative estimate of drug-likeness (QED) is 0.120. The van der Waals surface area contributed by atoms with E-state index in [4.69, 9.17) is 20.4 Å². The molecule has 2 atom stereocenters. The van der Waals surface area contributed by atoms with Crippen molar-refractivity contribution in [2.24, 2.45) is 17.3 Å². The molecular weight excluding hydrogens is 432 g/mol. The first-order valence-electron chi connectivity index (χ1n) is 10.3. The van der Waals surface area contributed by atoms with Gasteiger partial charge in [0.25, 0.3) is 5.41 Å². The lowest BCUT2D eigenvalue weighted by molar-refractivity contribution is -0.176. The van der Waals surface area contributed by atoms with E-state index < -0.39 is 59.5 Å². The van der Waals surface area contributed by atoms with Crippen LogP contribution in [0.5, 0.6) is 0 Å². The molecule has 0 fully saturated rings. The van der Waals surface area contributed by atoms with Crippen molar-refractivity contribution in [1.29, 1.82) is 0 Å². The van der Waals surface area contributed by atoms with Gasteiger partial charge in [0.15, 0.2) is 0 Å². The van der Waals surface area contributed by atoms with Gasteiger partial charge >= 0.3 is 35.8 Å². The number of carboxylic acid groups (broad SMARTS) is 6. The molecule has 0 heterocycles. The second-order valence-corrected chi connectivity index (χ2v) is 7.66. The summed E-state index contributed by atoms with van der Waals surface area (Å²) in [5, 5.41) is 54.5. The lowest BCUT2D eigenvalue weighted by Crippen LogP contribution is -2.46. The Morgan fingerprint density at radius 2 is 0.906 bits per heavy atom. The number of rotatable bonds is 19. The summed E-state index contributed by atoms with van der Waals surface area (Å²) in [6.07, 6.45) is 1.46. The van der Waals surface area contributed by atoms with Crippen LogP contribution in [0.1, 0.15) is 70.6 Å². The number of aliphatic carboxylic acids is 6. The van der Waals surface area contributed by atoms with E-state index in [0.717, 1.165) is 0 Å². The molecular formula is C20H30O12. The summed E-state index contributed by atoms with van der Waals surface area (Å²) in [5.41, 5.74) is -2.95. The Bertz CT molecular complexity index is 663. The first kappa shape index (κ1) is 28.8. The standard InChI is InChI=1S/C20H30O12/c21-14(22)10-6-3-5-9-13(16(25)26)12(15(23)24)8-4-1-2-7-11-20(17(27)28,18(29)30)19(31)32/h12-13H,1-11H2,(H,21,22)(H,23,24)(H,25,26)(H,27,28)(H,29,30)(H,31,32). The van der Waals surface area contributed by atoms with Crippen LogP contribution < -0.4 is 0 Å². The molecule has 6 N–H and O–H groups in total. The van der Waals surface area contributed by atoms with E-state index in [0.29, 0.717) is 25.7 Å². The highest BCUT2D eigenvalue weighted by atomic mass is 16.4. The maximum absolute atomic E-state index is 11.6. The minimum absolute atomic E-state index is 0.0311. The lowest BCUT2D eigenvalue weighted by Gasteiger charge is -2.21. The normalized spacial score (nSPS) is 13.1. The predicted molar refractivity (Wildman–Crippen MR) is 106 cm³/mol. The van der Waals surface area contributed by atoms with Crippen molar-refractivity contribution in [2.75, 3.05) is 0 Å². The fraction of sp³-hybridized carbons (Fsp3) is 0.700. The number of carboxylic acids is 6. The van der Waals surface area contributed by atoms with Gasteiger partial charge in [-0.1, -0.05) is 38.5 Å². The van der Waals surface area contributed by atoms with Gasteiger partial charge in [0, 0.05) is 6.42 Å². The number of unbranched alkanes of at least 4 members (excludes halogenated alkanes) is 5. The summed E-state index contributed by atoms with van der Waals surface area (Å²) >= 11 is 0. The van der Waals surface area contributed by atoms with Crippen molar-refractivity contribution in [1.82, 2.24) is 0 Å².